The van der Waals surface area contributed by atoms with Gasteiger partial charge in [-0.1, -0.05) is 124 Å². The maximum absolute atomic E-state index is 2.43. The minimum Gasteiger partial charge on any atom is -0.311 e. The van der Waals surface area contributed by atoms with E-state index in [9.17, 15) is 0 Å². The number of hydrogen-bond donors (Lipinski definition) is 0. The van der Waals surface area contributed by atoms with Crippen molar-refractivity contribution in [2.75, 3.05) is 9.80 Å². The van der Waals surface area contributed by atoms with Gasteiger partial charge in [-0.05, 0) is 115 Å². The lowest BCUT2D eigenvalue weighted by Crippen LogP contribution is -2.38. The van der Waals surface area contributed by atoms with Crippen LogP contribution < -0.4 is 9.80 Å². The highest BCUT2D eigenvalue weighted by atomic mass is 15.1. The molecule has 2 nitrogen and oxygen atoms in total. The van der Waals surface area contributed by atoms with E-state index >= 15 is 0 Å². The number of anilines is 6. The van der Waals surface area contributed by atoms with Crippen molar-refractivity contribution >= 4 is 34.1 Å². The number of benzene rings is 6. The molecule has 0 saturated heterocycles. The highest BCUT2D eigenvalue weighted by Crippen LogP contribution is 2.52. The summed E-state index contributed by atoms with van der Waals surface area (Å²) < 4.78 is 0. The van der Waals surface area contributed by atoms with Crippen molar-refractivity contribution in [2.45, 2.75) is 51.9 Å². The Balaban J connectivity index is 1.30. The summed E-state index contributed by atoms with van der Waals surface area (Å²) in [4.78, 5) is 4.71. The second-order valence-electron chi connectivity index (χ2n) is 14.3. The summed E-state index contributed by atoms with van der Waals surface area (Å²) in [7, 11) is 0. The fourth-order valence-corrected chi connectivity index (χ4v) is 7.77. The smallest absolute Gasteiger partial charge is 0.0461 e. The maximum Gasteiger partial charge on any atom is 0.0461 e. The Kier molecular flexibility index (Phi) is 8.91. The van der Waals surface area contributed by atoms with Crippen molar-refractivity contribution in [2.24, 2.45) is 11.3 Å². The van der Waals surface area contributed by atoms with Gasteiger partial charge in [-0.15, -0.1) is 0 Å². The first kappa shape index (κ1) is 31.5. The van der Waals surface area contributed by atoms with Crippen molar-refractivity contribution in [3.8, 4) is 0 Å². The lowest BCUT2D eigenvalue weighted by Gasteiger charge is -2.46. The first-order valence-corrected chi connectivity index (χ1v) is 17.4. The molecule has 0 amide bonds. The van der Waals surface area contributed by atoms with E-state index in [1.165, 1.54) is 35.3 Å². The average Bonchev–Trinajstić information content (AvgIpc) is 3.14. The Hall–Kier alpha value is -5.08. The summed E-state index contributed by atoms with van der Waals surface area (Å²) in [5.41, 5.74) is 10.0. The standard InChI is InChI=1S/C46H46N2/c1-45(2,3)38-17-16-34-46(35-38,36-26-30-43(31-27-36)47(39-18-8-4-9-19-39)40-20-10-5-11-21-40)37-28-32-44(33-29-37)48(41-22-12-6-13-23-41)42-24-14-7-15-25-42/h4-15,18-33,38H,16-17,34-35H2,1-3H3. The lowest BCUT2D eigenvalue weighted by atomic mass is 9.58. The van der Waals surface area contributed by atoms with E-state index in [1.54, 1.807) is 0 Å². The molecule has 0 bridgehead atoms. The van der Waals surface area contributed by atoms with Crippen LogP contribution in [0.2, 0.25) is 0 Å². The van der Waals surface area contributed by atoms with Gasteiger partial charge in [0.1, 0.15) is 0 Å². The second kappa shape index (κ2) is 13.6. The molecule has 1 unspecified atom stereocenters. The van der Waals surface area contributed by atoms with E-state index in [-0.39, 0.29) is 10.8 Å². The lowest BCUT2D eigenvalue weighted by molar-refractivity contribution is 0.137. The van der Waals surface area contributed by atoms with E-state index in [0.29, 0.717) is 5.92 Å². The molecule has 1 atom stereocenters. The topological polar surface area (TPSA) is 6.48 Å². The number of para-hydroxylation sites is 4. The molecule has 2 heteroatoms. The zero-order chi connectivity index (χ0) is 33.0. The molecule has 1 saturated carbocycles. The van der Waals surface area contributed by atoms with Gasteiger partial charge in [0.05, 0.1) is 0 Å². The van der Waals surface area contributed by atoms with Crippen LogP contribution in [0.3, 0.4) is 0 Å². The van der Waals surface area contributed by atoms with Crippen LogP contribution in [0.1, 0.15) is 57.6 Å². The third-order valence-electron chi connectivity index (χ3n) is 10.4. The van der Waals surface area contributed by atoms with Gasteiger partial charge in [0, 0.05) is 39.5 Å². The van der Waals surface area contributed by atoms with Gasteiger partial charge in [0.2, 0.25) is 0 Å². The molecule has 0 radical (unpaired) electrons. The second-order valence-corrected chi connectivity index (χ2v) is 14.3. The minimum atomic E-state index is -0.0537. The molecule has 0 heterocycles. The molecule has 0 aromatic heterocycles. The van der Waals surface area contributed by atoms with Gasteiger partial charge in [-0.2, -0.15) is 0 Å². The molecular weight excluding hydrogens is 581 g/mol. The predicted molar refractivity (Wildman–Crippen MR) is 204 cm³/mol. The van der Waals surface area contributed by atoms with Crippen LogP contribution in [0.4, 0.5) is 34.1 Å². The van der Waals surface area contributed by atoms with Crippen molar-refractivity contribution < 1.29 is 0 Å². The normalized spacial score (nSPS) is 15.9. The largest absolute Gasteiger partial charge is 0.311 e. The summed E-state index contributed by atoms with van der Waals surface area (Å²) in [5.74, 6) is 0.640. The van der Waals surface area contributed by atoms with Crippen LogP contribution in [-0.2, 0) is 5.41 Å². The van der Waals surface area contributed by atoms with Crippen molar-refractivity contribution in [3.63, 3.8) is 0 Å². The molecule has 48 heavy (non-hydrogen) atoms. The van der Waals surface area contributed by atoms with Gasteiger partial charge in [0.25, 0.3) is 0 Å². The zero-order valence-corrected chi connectivity index (χ0v) is 28.5. The Bertz CT molecular complexity index is 1670. The van der Waals surface area contributed by atoms with Gasteiger partial charge < -0.3 is 9.80 Å². The zero-order valence-electron chi connectivity index (χ0n) is 28.5. The summed E-state index contributed by atoms with van der Waals surface area (Å²) in [6.45, 7) is 7.28. The first-order valence-electron chi connectivity index (χ1n) is 17.4. The van der Waals surface area contributed by atoms with Gasteiger partial charge >= 0.3 is 0 Å². The van der Waals surface area contributed by atoms with Gasteiger partial charge in [-0.3, -0.25) is 0 Å². The van der Waals surface area contributed by atoms with Crippen LogP contribution in [0, 0.1) is 11.3 Å². The monoisotopic (exact) mass is 626 g/mol. The van der Waals surface area contributed by atoms with E-state index in [0.717, 1.165) is 35.6 Å². The molecule has 1 aliphatic carbocycles. The third kappa shape index (κ3) is 6.40. The fraction of sp³-hybridized carbons (Fsp3) is 0.217. The molecule has 6 aromatic rings. The Morgan fingerprint density at radius 1 is 0.438 bits per heavy atom. The SMILES string of the molecule is CC(C)(C)C1CCCC(c2ccc(N(c3ccccc3)c3ccccc3)cc2)(c2ccc(N(c3ccccc3)c3ccccc3)cc2)C1. The third-order valence-corrected chi connectivity index (χ3v) is 10.4. The molecule has 1 fully saturated rings. The van der Waals surface area contributed by atoms with Crippen LogP contribution in [0.5, 0.6) is 0 Å². The van der Waals surface area contributed by atoms with Crippen LogP contribution in [-0.4, -0.2) is 0 Å². The van der Waals surface area contributed by atoms with E-state index in [4.69, 9.17) is 0 Å². The molecule has 0 spiro atoms. The summed E-state index contributed by atoms with van der Waals surface area (Å²) >= 11 is 0. The summed E-state index contributed by atoms with van der Waals surface area (Å²) in [6, 6.07) is 61.7. The number of nitrogens with zero attached hydrogens (tertiary/aromatic N) is 2. The Morgan fingerprint density at radius 2 is 0.750 bits per heavy atom. The summed E-state index contributed by atoms with van der Waals surface area (Å²) in [5, 5.41) is 0. The average molecular weight is 627 g/mol. The maximum atomic E-state index is 2.43. The highest BCUT2D eigenvalue weighted by Gasteiger charge is 2.42. The van der Waals surface area contributed by atoms with E-state index in [1.807, 2.05) is 0 Å². The van der Waals surface area contributed by atoms with Gasteiger partial charge in [-0.25, -0.2) is 0 Å². The summed E-state index contributed by atoms with van der Waals surface area (Å²) in [6.07, 6.45) is 4.82. The molecule has 7 rings (SSSR count). The Labute approximate surface area is 287 Å². The van der Waals surface area contributed by atoms with Crippen LogP contribution in [0.15, 0.2) is 170 Å². The molecule has 1 aliphatic rings. The molecule has 240 valence electrons. The molecule has 0 aliphatic heterocycles. The van der Waals surface area contributed by atoms with Crippen molar-refractivity contribution in [1.29, 1.82) is 0 Å². The van der Waals surface area contributed by atoms with E-state index in [2.05, 4.69) is 200 Å². The van der Waals surface area contributed by atoms with Crippen LogP contribution in [0.25, 0.3) is 0 Å². The van der Waals surface area contributed by atoms with Crippen molar-refractivity contribution in [1.82, 2.24) is 0 Å². The van der Waals surface area contributed by atoms with E-state index < -0.39 is 0 Å². The quantitative estimate of drug-likeness (QED) is 0.166. The molecule has 6 aromatic carbocycles. The number of hydrogen-bond acceptors (Lipinski definition) is 2. The highest BCUT2D eigenvalue weighted by molar-refractivity contribution is 5.78. The fourth-order valence-electron chi connectivity index (χ4n) is 7.77. The predicted octanol–water partition coefficient (Wildman–Crippen LogP) is 13.1. The number of rotatable bonds is 8. The first-order chi connectivity index (χ1) is 23.4. The Morgan fingerprint density at radius 3 is 1.06 bits per heavy atom. The van der Waals surface area contributed by atoms with Crippen molar-refractivity contribution in [3.05, 3.63) is 181 Å². The minimum absolute atomic E-state index is 0.0537. The molecular formula is C46H46N2. The van der Waals surface area contributed by atoms with Gasteiger partial charge in [0.15, 0.2) is 0 Å². The van der Waals surface area contributed by atoms with Crippen LogP contribution >= 0.6 is 0 Å². The molecule has 0 N–H and O–H groups in total.